The van der Waals surface area contributed by atoms with E-state index < -0.39 is 0 Å². The van der Waals surface area contributed by atoms with Gasteiger partial charge in [-0.2, -0.15) is 0 Å². The molecule has 0 aliphatic carbocycles. The minimum absolute atomic E-state index is 0.161. The zero-order chi connectivity index (χ0) is 12.1. The summed E-state index contributed by atoms with van der Waals surface area (Å²) in [7, 11) is 0. The van der Waals surface area contributed by atoms with Crippen molar-refractivity contribution in [2.24, 2.45) is 0 Å². The van der Waals surface area contributed by atoms with E-state index in [1.54, 1.807) is 0 Å². The summed E-state index contributed by atoms with van der Waals surface area (Å²) in [4.78, 5) is 11.3. The van der Waals surface area contributed by atoms with Gasteiger partial charge in [0.2, 0.25) is 0 Å². The topological polar surface area (TPSA) is 41.6 Å². The summed E-state index contributed by atoms with van der Waals surface area (Å²) in [5.74, 6) is 0.724. The molecule has 0 saturated heterocycles. The van der Waals surface area contributed by atoms with Gasteiger partial charge in [0.1, 0.15) is 11.3 Å². The molecule has 0 amide bonds. The van der Waals surface area contributed by atoms with E-state index in [0.717, 1.165) is 5.82 Å². The van der Waals surface area contributed by atoms with Crippen LogP contribution in [0, 0.1) is 6.92 Å². The van der Waals surface area contributed by atoms with E-state index in [2.05, 4.69) is 15.0 Å². The maximum absolute atomic E-state index is 8.11. The Labute approximate surface area is 86.4 Å². The smallest absolute Gasteiger partial charge is 0.157 e. The molecule has 0 spiro atoms. The highest BCUT2D eigenvalue weighted by molar-refractivity contribution is 5.71. The Bertz CT molecular complexity index is 552. The Morgan fingerprint density at radius 1 is 1.43 bits per heavy atom. The van der Waals surface area contributed by atoms with Gasteiger partial charge in [0.15, 0.2) is 5.65 Å². The first-order valence-electron chi connectivity index (χ1n) is 5.64. The molecule has 3 nitrogen and oxygen atoms in total. The van der Waals surface area contributed by atoms with Crippen molar-refractivity contribution >= 4 is 11.2 Å². The van der Waals surface area contributed by atoms with Crippen molar-refractivity contribution in [1.82, 2.24) is 15.0 Å². The fourth-order valence-corrected chi connectivity index (χ4v) is 1.26. The van der Waals surface area contributed by atoms with Gasteiger partial charge in [0.25, 0.3) is 0 Å². The highest BCUT2D eigenvalue weighted by atomic mass is 15.0. The van der Waals surface area contributed by atoms with Crippen LogP contribution in [0.5, 0.6) is 0 Å². The first kappa shape index (κ1) is 6.98. The second-order valence-electron chi connectivity index (χ2n) is 4.49. The molecule has 0 aliphatic heterocycles. The molecule has 2 heterocycles. The lowest BCUT2D eigenvalue weighted by Gasteiger charge is -2.17. The minimum atomic E-state index is -0.262. The van der Waals surface area contributed by atoms with Crippen LogP contribution in [0.15, 0.2) is 12.2 Å². The summed E-state index contributed by atoms with van der Waals surface area (Å²) in [6.45, 7) is 7.75. The number of nitrogens with one attached hydrogen (secondary N) is 1. The van der Waals surface area contributed by atoms with E-state index in [1.807, 2.05) is 27.7 Å². The van der Waals surface area contributed by atoms with Crippen LogP contribution in [-0.2, 0) is 5.41 Å². The molecule has 1 N–H and O–H groups in total. The second kappa shape index (κ2) is 2.80. The molecule has 0 bridgehead atoms. The van der Waals surface area contributed by atoms with Gasteiger partial charge in [0.05, 0.1) is 2.74 Å². The van der Waals surface area contributed by atoms with Crippen LogP contribution >= 0.6 is 0 Å². The quantitative estimate of drug-likeness (QED) is 0.695. The van der Waals surface area contributed by atoms with Crippen LogP contribution in [0.4, 0.5) is 0 Å². The molecule has 0 saturated carbocycles. The van der Waals surface area contributed by atoms with E-state index in [1.165, 1.54) is 0 Å². The second-order valence-corrected chi connectivity index (χ2v) is 4.49. The molecule has 0 unspecified atom stereocenters. The molecule has 3 heteroatoms. The first-order valence-corrected chi connectivity index (χ1v) is 4.64. The van der Waals surface area contributed by atoms with E-state index in [4.69, 9.17) is 2.74 Å². The average molecular weight is 191 g/mol. The lowest BCUT2D eigenvalue weighted by molar-refractivity contribution is 0.588. The van der Waals surface area contributed by atoms with Crippen molar-refractivity contribution in [3.8, 4) is 0 Å². The van der Waals surface area contributed by atoms with Crippen molar-refractivity contribution in [3.05, 3.63) is 23.6 Å². The zero-order valence-corrected chi connectivity index (χ0v) is 8.89. The van der Waals surface area contributed by atoms with Gasteiger partial charge in [-0.15, -0.1) is 0 Å². The highest BCUT2D eigenvalue weighted by Gasteiger charge is 2.15. The Balaban J connectivity index is 2.85. The number of aryl methyl sites for hydroxylation is 1. The van der Waals surface area contributed by atoms with Gasteiger partial charge in [-0.05, 0) is 23.9 Å². The van der Waals surface area contributed by atoms with Gasteiger partial charge < -0.3 is 4.98 Å². The minimum Gasteiger partial charge on any atom is -0.327 e. The van der Waals surface area contributed by atoms with Crippen molar-refractivity contribution in [1.29, 1.82) is 0 Å². The molecule has 2 aromatic heterocycles. The maximum Gasteiger partial charge on any atom is 0.157 e. The molecule has 2 rings (SSSR count). The summed E-state index contributed by atoms with van der Waals surface area (Å²) >= 11 is 0. The summed E-state index contributed by atoms with van der Waals surface area (Å²) in [5.41, 5.74) is 1.47. The Morgan fingerprint density at radius 3 is 2.79 bits per heavy atom. The maximum atomic E-state index is 8.11. The number of pyridine rings is 1. The molecular weight excluding hydrogens is 174 g/mol. The van der Waals surface area contributed by atoms with Crippen LogP contribution in [-0.4, -0.2) is 15.0 Å². The van der Waals surface area contributed by atoms with E-state index in [9.17, 15) is 0 Å². The Kier molecular flexibility index (Phi) is 1.40. The van der Waals surface area contributed by atoms with Gasteiger partial charge in [0, 0.05) is 6.17 Å². The van der Waals surface area contributed by atoms with Crippen LogP contribution in [0.3, 0.4) is 0 Å². The number of hydrogen-bond acceptors (Lipinski definition) is 2. The molecule has 0 aliphatic rings. The summed E-state index contributed by atoms with van der Waals surface area (Å²) < 4.78 is 16.0. The molecule has 74 valence electrons. The lowest BCUT2D eigenvalue weighted by Crippen LogP contribution is -2.11. The third-order valence-electron chi connectivity index (χ3n) is 2.08. The fraction of sp³-hybridized carbons (Fsp3) is 0.455. The number of imidazole rings is 1. The number of aromatic amines is 1. The third kappa shape index (κ3) is 1.50. The number of fused-ring (bicyclic) bond motifs is 1. The largest absolute Gasteiger partial charge is 0.327 e. The molecule has 0 fully saturated rings. The molecule has 0 aromatic carbocycles. The number of hydrogen-bond donors (Lipinski definition) is 1. The zero-order valence-electron chi connectivity index (χ0n) is 10.9. The summed E-state index contributed by atoms with van der Waals surface area (Å²) in [6, 6.07) is 0.312. The van der Waals surface area contributed by atoms with Crippen LogP contribution in [0.25, 0.3) is 11.2 Å². The first-order chi connectivity index (χ1) is 7.30. The van der Waals surface area contributed by atoms with E-state index >= 15 is 0 Å². The van der Waals surface area contributed by atoms with E-state index in [-0.39, 0.29) is 11.6 Å². The average Bonchev–Trinajstić information content (AvgIpc) is 2.43. The third-order valence-corrected chi connectivity index (χ3v) is 2.08. The number of rotatable bonds is 0. The van der Waals surface area contributed by atoms with Crippen LogP contribution in [0.2, 0.25) is 0 Å². The normalized spacial score (nSPS) is 14.3. The van der Waals surface area contributed by atoms with Gasteiger partial charge in [-0.25, -0.2) is 9.97 Å². The van der Waals surface area contributed by atoms with Crippen LogP contribution in [0.1, 0.15) is 34.9 Å². The standard InChI is InChI=1S/C11H15N3/c1-7-13-9-5-8(11(2,3)4)6-12-10(9)14-7/h5-6H,1-4H3,(H,12,13,14)/i5D,6D. The Morgan fingerprint density at radius 2 is 2.14 bits per heavy atom. The van der Waals surface area contributed by atoms with Crippen LogP contribution < -0.4 is 0 Å². The van der Waals surface area contributed by atoms with Gasteiger partial charge in [-0.1, -0.05) is 20.8 Å². The number of nitrogens with zero attached hydrogens (tertiary/aromatic N) is 2. The van der Waals surface area contributed by atoms with Crippen molar-refractivity contribution < 1.29 is 2.74 Å². The van der Waals surface area contributed by atoms with Crippen molar-refractivity contribution in [2.45, 2.75) is 33.1 Å². The van der Waals surface area contributed by atoms with Gasteiger partial charge >= 0.3 is 0 Å². The van der Waals surface area contributed by atoms with Crippen molar-refractivity contribution in [2.75, 3.05) is 0 Å². The van der Waals surface area contributed by atoms with Gasteiger partial charge in [-0.3, -0.25) is 0 Å². The molecule has 2 aromatic rings. The Hall–Kier alpha value is -1.38. The summed E-state index contributed by atoms with van der Waals surface area (Å²) in [6.07, 6.45) is 0.161. The molecule has 14 heavy (non-hydrogen) atoms. The molecule has 0 radical (unpaired) electrons. The van der Waals surface area contributed by atoms with E-state index in [0.29, 0.717) is 22.8 Å². The predicted octanol–water partition coefficient (Wildman–Crippen LogP) is 2.56. The number of aromatic nitrogens is 3. The van der Waals surface area contributed by atoms with Crippen molar-refractivity contribution in [3.63, 3.8) is 0 Å². The SMILES string of the molecule is [2H]c1nc2[nH]c(C)nc2c([2H])c1C(C)(C)C. The number of H-pyrrole nitrogens is 1. The lowest BCUT2D eigenvalue weighted by atomic mass is 9.88. The highest BCUT2D eigenvalue weighted by Crippen LogP contribution is 2.23. The monoisotopic (exact) mass is 191 g/mol. The molecule has 0 atom stereocenters. The molecular formula is C11H15N3. The fourth-order valence-electron chi connectivity index (χ4n) is 1.26. The predicted molar refractivity (Wildman–Crippen MR) is 57.3 cm³/mol. The summed E-state index contributed by atoms with van der Waals surface area (Å²) in [5, 5.41) is 0.